The predicted molar refractivity (Wildman–Crippen MR) is 102 cm³/mol. The van der Waals surface area contributed by atoms with Gasteiger partial charge in [0.25, 0.3) is 5.91 Å². The first kappa shape index (κ1) is 16.7. The van der Waals surface area contributed by atoms with Gasteiger partial charge in [-0.25, -0.2) is 4.98 Å². The Kier molecular flexibility index (Phi) is 4.95. The van der Waals surface area contributed by atoms with Gasteiger partial charge in [-0.2, -0.15) is 0 Å². The van der Waals surface area contributed by atoms with Crippen LogP contribution in [0.15, 0.2) is 59.1 Å². The number of para-hydroxylation sites is 1. The molecule has 0 saturated carbocycles. The molecule has 24 heavy (non-hydrogen) atoms. The Hall–Kier alpha value is -2.20. The Morgan fingerprint density at radius 3 is 2.54 bits per heavy atom. The van der Waals surface area contributed by atoms with Gasteiger partial charge in [0.15, 0.2) is 0 Å². The highest BCUT2D eigenvalue weighted by atomic mass is 79.9. The van der Waals surface area contributed by atoms with Crippen molar-refractivity contribution in [1.29, 1.82) is 0 Å². The summed E-state index contributed by atoms with van der Waals surface area (Å²) in [4.78, 5) is 17.4. The summed E-state index contributed by atoms with van der Waals surface area (Å²) >= 11 is 3.44. The molecule has 3 rings (SSSR count). The monoisotopic (exact) mass is 382 g/mol. The van der Waals surface area contributed by atoms with Crippen molar-refractivity contribution in [2.75, 3.05) is 6.54 Å². The lowest BCUT2D eigenvalue weighted by atomic mass is 10.0. The van der Waals surface area contributed by atoms with Gasteiger partial charge >= 0.3 is 0 Å². The minimum Gasteiger partial charge on any atom is -0.352 e. The minimum atomic E-state index is -0.0549. The van der Waals surface area contributed by atoms with Gasteiger partial charge in [0, 0.05) is 22.0 Å². The van der Waals surface area contributed by atoms with Crippen LogP contribution in [0, 0.1) is 5.92 Å². The molecule has 0 spiro atoms. The lowest BCUT2D eigenvalue weighted by molar-refractivity contribution is 0.0950. The largest absolute Gasteiger partial charge is 0.352 e. The van der Waals surface area contributed by atoms with Crippen LogP contribution < -0.4 is 5.32 Å². The average Bonchev–Trinajstić information content (AvgIpc) is 2.59. The molecule has 1 N–H and O–H groups in total. The Labute approximate surface area is 150 Å². The Morgan fingerprint density at radius 1 is 1.12 bits per heavy atom. The molecule has 0 aliphatic carbocycles. The molecule has 0 atom stereocenters. The molecule has 0 unspecified atom stereocenters. The zero-order chi connectivity index (χ0) is 17.1. The highest BCUT2D eigenvalue weighted by Crippen LogP contribution is 2.26. The number of hydrogen-bond donors (Lipinski definition) is 1. The van der Waals surface area contributed by atoms with E-state index in [9.17, 15) is 4.79 Å². The maximum Gasteiger partial charge on any atom is 0.252 e. The van der Waals surface area contributed by atoms with E-state index in [2.05, 4.69) is 35.1 Å². The first-order valence-corrected chi connectivity index (χ1v) is 8.78. The standard InChI is InChI=1S/C20H19BrN2O/c1-13(2)12-22-20(24)17-11-19(14-7-9-15(21)10-8-14)23-18-6-4-3-5-16(17)18/h3-11,13H,12H2,1-2H3,(H,22,24). The van der Waals surface area contributed by atoms with Crippen LogP contribution in [0.1, 0.15) is 24.2 Å². The van der Waals surface area contributed by atoms with Gasteiger partial charge in [-0.1, -0.05) is 60.1 Å². The highest BCUT2D eigenvalue weighted by Gasteiger charge is 2.14. The van der Waals surface area contributed by atoms with Gasteiger partial charge in [0.2, 0.25) is 0 Å². The van der Waals surface area contributed by atoms with E-state index in [1.165, 1.54) is 0 Å². The Bertz CT molecular complexity index is 872. The highest BCUT2D eigenvalue weighted by molar-refractivity contribution is 9.10. The van der Waals surface area contributed by atoms with Crippen LogP contribution in [0.25, 0.3) is 22.2 Å². The van der Waals surface area contributed by atoms with Gasteiger partial charge in [-0.3, -0.25) is 4.79 Å². The molecule has 0 saturated heterocycles. The van der Waals surface area contributed by atoms with E-state index in [4.69, 9.17) is 4.98 Å². The van der Waals surface area contributed by atoms with E-state index in [1.54, 1.807) is 0 Å². The number of nitrogens with one attached hydrogen (secondary N) is 1. The first-order valence-electron chi connectivity index (χ1n) is 7.98. The lowest BCUT2D eigenvalue weighted by Crippen LogP contribution is -2.27. The molecule has 122 valence electrons. The van der Waals surface area contributed by atoms with Crippen molar-refractivity contribution in [2.45, 2.75) is 13.8 Å². The minimum absolute atomic E-state index is 0.0549. The average molecular weight is 383 g/mol. The fourth-order valence-electron chi connectivity index (χ4n) is 2.52. The van der Waals surface area contributed by atoms with E-state index < -0.39 is 0 Å². The summed E-state index contributed by atoms with van der Waals surface area (Å²) in [6.45, 7) is 4.82. The number of nitrogens with zero attached hydrogens (tertiary/aromatic N) is 1. The molecule has 0 fully saturated rings. The van der Waals surface area contributed by atoms with Crippen LogP contribution in [-0.2, 0) is 0 Å². The molecule has 2 aromatic carbocycles. The van der Waals surface area contributed by atoms with Crippen LogP contribution >= 0.6 is 15.9 Å². The van der Waals surface area contributed by atoms with Crippen molar-refractivity contribution in [3.63, 3.8) is 0 Å². The third-order valence-corrected chi connectivity index (χ3v) is 4.30. The van der Waals surface area contributed by atoms with Gasteiger partial charge in [-0.15, -0.1) is 0 Å². The second-order valence-electron chi connectivity index (χ2n) is 6.18. The van der Waals surface area contributed by atoms with E-state index in [0.29, 0.717) is 18.0 Å². The quantitative estimate of drug-likeness (QED) is 0.685. The van der Waals surface area contributed by atoms with Crippen molar-refractivity contribution in [2.24, 2.45) is 5.92 Å². The second kappa shape index (κ2) is 7.14. The molecule has 3 aromatic rings. The van der Waals surface area contributed by atoms with Crippen LogP contribution in [0.5, 0.6) is 0 Å². The topological polar surface area (TPSA) is 42.0 Å². The van der Waals surface area contributed by atoms with Crippen molar-refractivity contribution in [3.8, 4) is 11.3 Å². The van der Waals surface area contributed by atoms with Crippen molar-refractivity contribution >= 4 is 32.7 Å². The first-order chi connectivity index (χ1) is 11.5. The number of hydrogen-bond acceptors (Lipinski definition) is 2. The normalized spacial score (nSPS) is 11.0. The number of aromatic nitrogens is 1. The fourth-order valence-corrected chi connectivity index (χ4v) is 2.79. The van der Waals surface area contributed by atoms with Gasteiger partial charge < -0.3 is 5.32 Å². The number of amides is 1. The van der Waals surface area contributed by atoms with E-state index in [-0.39, 0.29) is 5.91 Å². The molecule has 1 amide bonds. The smallest absolute Gasteiger partial charge is 0.252 e. The summed E-state index contributed by atoms with van der Waals surface area (Å²) in [5.74, 6) is 0.355. The van der Waals surface area contributed by atoms with Gasteiger partial charge in [-0.05, 0) is 30.2 Å². The number of carbonyl (C=O) groups is 1. The summed E-state index contributed by atoms with van der Waals surface area (Å²) in [5.41, 5.74) is 3.28. The number of carbonyl (C=O) groups excluding carboxylic acids is 1. The van der Waals surface area contributed by atoms with Crippen molar-refractivity contribution in [1.82, 2.24) is 10.3 Å². The van der Waals surface area contributed by atoms with Crippen LogP contribution in [-0.4, -0.2) is 17.4 Å². The third-order valence-electron chi connectivity index (χ3n) is 3.77. The molecule has 0 aliphatic heterocycles. The van der Waals surface area contributed by atoms with Crippen LogP contribution in [0.4, 0.5) is 0 Å². The summed E-state index contributed by atoms with van der Waals surface area (Å²) < 4.78 is 1.02. The predicted octanol–water partition coefficient (Wildman–Crippen LogP) is 5.05. The zero-order valence-corrected chi connectivity index (χ0v) is 15.3. The van der Waals surface area contributed by atoms with E-state index >= 15 is 0 Å². The van der Waals surface area contributed by atoms with Gasteiger partial charge in [0.05, 0.1) is 16.8 Å². The van der Waals surface area contributed by atoms with E-state index in [1.807, 2.05) is 54.6 Å². The number of benzene rings is 2. The van der Waals surface area contributed by atoms with Crippen LogP contribution in [0.2, 0.25) is 0 Å². The Morgan fingerprint density at radius 2 is 1.83 bits per heavy atom. The number of halogens is 1. The molecular formula is C20H19BrN2O. The molecular weight excluding hydrogens is 364 g/mol. The maximum atomic E-state index is 12.7. The molecule has 1 heterocycles. The molecule has 0 aliphatic rings. The van der Waals surface area contributed by atoms with Crippen molar-refractivity contribution in [3.05, 3.63) is 64.6 Å². The second-order valence-corrected chi connectivity index (χ2v) is 7.10. The maximum absolute atomic E-state index is 12.7. The lowest BCUT2D eigenvalue weighted by Gasteiger charge is -2.12. The fraction of sp³-hybridized carbons (Fsp3) is 0.200. The Balaban J connectivity index is 2.09. The number of fused-ring (bicyclic) bond motifs is 1. The third kappa shape index (κ3) is 3.65. The molecule has 0 bridgehead atoms. The summed E-state index contributed by atoms with van der Waals surface area (Å²) in [6, 6.07) is 17.6. The summed E-state index contributed by atoms with van der Waals surface area (Å²) in [6.07, 6.45) is 0. The molecule has 4 heteroatoms. The number of pyridine rings is 1. The summed E-state index contributed by atoms with van der Waals surface area (Å²) in [7, 11) is 0. The molecule has 1 aromatic heterocycles. The number of rotatable bonds is 4. The zero-order valence-electron chi connectivity index (χ0n) is 13.7. The molecule has 3 nitrogen and oxygen atoms in total. The van der Waals surface area contributed by atoms with Crippen LogP contribution in [0.3, 0.4) is 0 Å². The molecule has 0 radical (unpaired) electrons. The SMILES string of the molecule is CC(C)CNC(=O)c1cc(-c2ccc(Br)cc2)nc2ccccc12. The van der Waals surface area contributed by atoms with E-state index in [0.717, 1.165) is 26.6 Å². The van der Waals surface area contributed by atoms with Gasteiger partial charge in [0.1, 0.15) is 0 Å². The summed E-state index contributed by atoms with van der Waals surface area (Å²) in [5, 5.41) is 3.88. The van der Waals surface area contributed by atoms with Crippen molar-refractivity contribution < 1.29 is 4.79 Å².